The van der Waals surface area contributed by atoms with Crippen LogP contribution in [0.5, 0.6) is 0 Å². The van der Waals surface area contributed by atoms with Gasteiger partial charge in [-0.05, 0) is 30.6 Å². The van der Waals surface area contributed by atoms with Crippen molar-refractivity contribution in [3.8, 4) is 5.69 Å². The van der Waals surface area contributed by atoms with Crippen LogP contribution in [0, 0.1) is 6.92 Å². The van der Waals surface area contributed by atoms with Crippen LogP contribution in [0.25, 0.3) is 16.7 Å². The van der Waals surface area contributed by atoms with Crippen LogP contribution < -0.4 is 5.32 Å². The maximum Gasteiger partial charge on any atom is 0.154 e. The van der Waals surface area contributed by atoms with Crippen molar-refractivity contribution in [2.45, 2.75) is 13.3 Å². The minimum Gasteiger partial charge on any atom is -0.379 e. The quantitative estimate of drug-likeness (QED) is 0.474. The van der Waals surface area contributed by atoms with Crippen LogP contribution >= 0.6 is 11.5 Å². The summed E-state index contributed by atoms with van der Waals surface area (Å²) in [7, 11) is 1.92. The van der Waals surface area contributed by atoms with E-state index in [0.717, 1.165) is 73.4 Å². The fourth-order valence-electron chi connectivity index (χ4n) is 3.86. The topological polar surface area (TPSA) is 85.9 Å². The van der Waals surface area contributed by atoms with E-state index >= 15 is 0 Å². The highest BCUT2D eigenvalue weighted by molar-refractivity contribution is 7.05. The minimum atomic E-state index is 0.678. The molecule has 0 saturated carbocycles. The van der Waals surface area contributed by atoms with Crippen molar-refractivity contribution in [3.63, 3.8) is 0 Å². The number of fused-ring (bicyclic) bond motifs is 1. The number of hydrogen-bond donors (Lipinski definition) is 1. The van der Waals surface area contributed by atoms with Gasteiger partial charge < -0.3 is 14.6 Å². The van der Waals surface area contributed by atoms with E-state index in [1.807, 2.05) is 38.6 Å². The van der Waals surface area contributed by atoms with Crippen LogP contribution in [0.15, 0.2) is 30.7 Å². The van der Waals surface area contributed by atoms with Crippen LogP contribution in [0.3, 0.4) is 0 Å². The monoisotopic (exact) mass is 438 g/mol. The molecule has 4 aromatic heterocycles. The minimum absolute atomic E-state index is 0.678. The summed E-state index contributed by atoms with van der Waals surface area (Å²) in [6.45, 7) is 7.33. The predicted molar refractivity (Wildman–Crippen MR) is 121 cm³/mol. The van der Waals surface area contributed by atoms with Crippen molar-refractivity contribution in [2.75, 3.05) is 44.7 Å². The highest BCUT2D eigenvalue weighted by atomic mass is 32.1. The molecule has 4 aromatic rings. The fourth-order valence-corrected chi connectivity index (χ4v) is 4.59. The van der Waals surface area contributed by atoms with Gasteiger partial charge in [0, 0.05) is 56.9 Å². The maximum absolute atomic E-state index is 5.45. The zero-order valence-corrected chi connectivity index (χ0v) is 18.6. The number of nitrogens with one attached hydrogen (secondary N) is 1. The van der Waals surface area contributed by atoms with Crippen molar-refractivity contribution >= 4 is 28.4 Å². The molecule has 1 aliphatic rings. The molecule has 0 unspecified atom stereocenters. The largest absolute Gasteiger partial charge is 0.379 e. The van der Waals surface area contributed by atoms with E-state index in [-0.39, 0.29) is 0 Å². The summed E-state index contributed by atoms with van der Waals surface area (Å²) >= 11 is 1.51. The Bertz CT molecular complexity index is 1170. The summed E-state index contributed by atoms with van der Waals surface area (Å²) in [4.78, 5) is 13.3. The number of aromatic nitrogens is 6. The molecule has 1 saturated heterocycles. The first-order valence-electron chi connectivity index (χ1n) is 10.5. The average molecular weight is 439 g/mol. The van der Waals surface area contributed by atoms with Crippen LogP contribution in [0.1, 0.15) is 16.4 Å². The molecule has 1 fully saturated rings. The molecule has 0 radical (unpaired) electrons. The number of hydrogen-bond acceptors (Lipinski definition) is 8. The summed E-state index contributed by atoms with van der Waals surface area (Å²) in [5, 5.41) is 7.89. The average Bonchev–Trinajstić information content (AvgIpc) is 3.49. The van der Waals surface area contributed by atoms with Crippen molar-refractivity contribution in [1.29, 1.82) is 0 Å². The van der Waals surface area contributed by atoms with E-state index in [1.54, 1.807) is 4.68 Å². The second kappa shape index (κ2) is 8.74. The zero-order chi connectivity index (χ0) is 21.2. The van der Waals surface area contributed by atoms with Gasteiger partial charge >= 0.3 is 0 Å². The molecular formula is C21H26N8OS. The third-order valence-corrected chi connectivity index (χ3v) is 6.26. The van der Waals surface area contributed by atoms with Gasteiger partial charge in [-0.15, -0.1) is 0 Å². The van der Waals surface area contributed by atoms with Gasteiger partial charge in [0.1, 0.15) is 11.3 Å². The van der Waals surface area contributed by atoms with Gasteiger partial charge in [0.15, 0.2) is 5.82 Å². The van der Waals surface area contributed by atoms with Crippen molar-refractivity contribution < 1.29 is 4.74 Å². The molecular weight excluding hydrogens is 412 g/mol. The van der Waals surface area contributed by atoms with Gasteiger partial charge in [-0.2, -0.15) is 9.47 Å². The van der Waals surface area contributed by atoms with Crippen LogP contribution in [-0.2, 0) is 18.2 Å². The van der Waals surface area contributed by atoms with Gasteiger partial charge in [0.25, 0.3) is 0 Å². The van der Waals surface area contributed by atoms with Crippen molar-refractivity contribution in [1.82, 2.24) is 33.6 Å². The SMILES string of the molecule is Cc1cc(Cc2nc(NCCN3CCOCC3)c3c(ccn3-c3cnn(C)c3)n2)sn1. The molecule has 1 N–H and O–H groups in total. The Kier molecular flexibility index (Phi) is 5.66. The summed E-state index contributed by atoms with van der Waals surface area (Å²) in [6.07, 6.45) is 6.55. The highest BCUT2D eigenvalue weighted by Crippen LogP contribution is 2.26. The van der Waals surface area contributed by atoms with Gasteiger partial charge in [0.05, 0.1) is 36.3 Å². The molecule has 5 heterocycles. The molecule has 9 nitrogen and oxygen atoms in total. The number of rotatable bonds is 7. The Morgan fingerprint density at radius 2 is 2.10 bits per heavy atom. The molecule has 0 amide bonds. The van der Waals surface area contributed by atoms with Gasteiger partial charge in [-0.3, -0.25) is 9.58 Å². The molecule has 10 heteroatoms. The van der Waals surface area contributed by atoms with E-state index in [1.165, 1.54) is 16.4 Å². The Morgan fingerprint density at radius 3 is 2.84 bits per heavy atom. The lowest BCUT2D eigenvalue weighted by atomic mass is 10.3. The number of ether oxygens (including phenoxy) is 1. The Balaban J connectivity index is 1.46. The zero-order valence-electron chi connectivity index (χ0n) is 17.8. The smallest absolute Gasteiger partial charge is 0.154 e. The first-order chi connectivity index (χ1) is 15.2. The Hall–Kier alpha value is -2.82. The molecule has 0 bridgehead atoms. The number of nitrogens with zero attached hydrogens (tertiary/aromatic N) is 7. The van der Waals surface area contributed by atoms with E-state index in [0.29, 0.717) is 6.42 Å². The number of morpholine rings is 1. The molecule has 0 spiro atoms. The molecule has 5 rings (SSSR count). The Morgan fingerprint density at radius 1 is 1.23 bits per heavy atom. The third-order valence-electron chi connectivity index (χ3n) is 5.38. The standard InChI is InChI=1S/C21H26N8OS/c1-15-11-17(31-26-15)12-19-24-18-3-5-29(16-13-23-27(2)14-16)20(18)21(25-19)22-4-6-28-7-9-30-10-8-28/h3,5,11,13-14H,4,6-10,12H2,1-2H3,(H,22,24,25). The normalized spacial score (nSPS) is 15.0. The highest BCUT2D eigenvalue weighted by Gasteiger charge is 2.16. The van der Waals surface area contributed by atoms with Gasteiger partial charge in [-0.1, -0.05) is 0 Å². The first kappa shape index (κ1) is 20.1. The van der Waals surface area contributed by atoms with Gasteiger partial charge in [-0.25, -0.2) is 9.97 Å². The second-order valence-corrected chi connectivity index (χ2v) is 8.66. The number of aryl methyl sites for hydroxylation is 2. The van der Waals surface area contributed by atoms with E-state index in [2.05, 4.69) is 30.3 Å². The number of anilines is 1. The Labute approximate surface area is 184 Å². The molecule has 0 aromatic carbocycles. The van der Waals surface area contributed by atoms with E-state index in [4.69, 9.17) is 14.7 Å². The van der Waals surface area contributed by atoms with Crippen LogP contribution in [0.2, 0.25) is 0 Å². The fraction of sp³-hybridized carbons (Fsp3) is 0.429. The van der Waals surface area contributed by atoms with Crippen molar-refractivity contribution in [3.05, 3.63) is 47.1 Å². The first-order valence-corrected chi connectivity index (χ1v) is 11.3. The van der Waals surface area contributed by atoms with Crippen LogP contribution in [0.4, 0.5) is 5.82 Å². The van der Waals surface area contributed by atoms with E-state index < -0.39 is 0 Å². The second-order valence-electron chi connectivity index (χ2n) is 7.77. The lowest BCUT2D eigenvalue weighted by Crippen LogP contribution is -2.39. The maximum atomic E-state index is 5.45. The third kappa shape index (κ3) is 4.46. The van der Waals surface area contributed by atoms with E-state index in [9.17, 15) is 0 Å². The summed E-state index contributed by atoms with van der Waals surface area (Å²) < 4.78 is 13.7. The molecule has 0 atom stereocenters. The summed E-state index contributed by atoms with van der Waals surface area (Å²) in [5.41, 5.74) is 3.92. The molecule has 31 heavy (non-hydrogen) atoms. The summed E-state index contributed by atoms with van der Waals surface area (Å²) in [5.74, 6) is 1.65. The molecule has 1 aliphatic heterocycles. The van der Waals surface area contributed by atoms with Crippen LogP contribution in [-0.4, -0.2) is 73.0 Å². The molecule has 162 valence electrons. The lowest BCUT2D eigenvalue weighted by Gasteiger charge is -2.26. The molecule has 0 aliphatic carbocycles. The predicted octanol–water partition coefficient (Wildman–Crippen LogP) is 2.25. The lowest BCUT2D eigenvalue weighted by molar-refractivity contribution is 0.0398. The van der Waals surface area contributed by atoms with Crippen molar-refractivity contribution in [2.24, 2.45) is 7.05 Å². The summed E-state index contributed by atoms with van der Waals surface area (Å²) in [6, 6.07) is 4.14. The van der Waals surface area contributed by atoms with Gasteiger partial charge in [0.2, 0.25) is 0 Å².